The molecule has 0 radical (unpaired) electrons. The molecule has 0 saturated heterocycles. The smallest absolute Gasteiger partial charge is 0.236 e. The predicted molar refractivity (Wildman–Crippen MR) is 110 cm³/mol. The average Bonchev–Trinajstić information content (AvgIpc) is 3.26. The lowest BCUT2D eigenvalue weighted by molar-refractivity contribution is 0.266. The van der Waals surface area contributed by atoms with E-state index in [0.717, 1.165) is 28.1 Å². The highest BCUT2D eigenvalue weighted by molar-refractivity contribution is 5.64. The van der Waals surface area contributed by atoms with E-state index in [9.17, 15) is 0 Å². The predicted octanol–water partition coefficient (Wildman–Crippen LogP) is 3.41. The van der Waals surface area contributed by atoms with Gasteiger partial charge in [0, 0.05) is 18.2 Å². The molecule has 0 bridgehead atoms. The molecule has 0 fully saturated rings. The molecule has 4 aromatic rings. The molecule has 0 unspecified atom stereocenters. The SMILES string of the molecule is Cc1ccc(C)c(-c2nnc3cc(C(C)(C)C)c(OCc4ncnn4C)nn23)c1. The van der Waals surface area contributed by atoms with Gasteiger partial charge in [-0.1, -0.05) is 38.5 Å². The van der Waals surface area contributed by atoms with Crippen LogP contribution in [0.2, 0.25) is 0 Å². The number of aryl methyl sites for hydroxylation is 3. The number of rotatable bonds is 4. The number of hydrogen-bond acceptors (Lipinski definition) is 6. The van der Waals surface area contributed by atoms with Crippen molar-refractivity contribution in [2.45, 2.75) is 46.6 Å². The normalized spacial score (nSPS) is 11.9. The lowest BCUT2D eigenvalue weighted by Gasteiger charge is -2.21. The molecular weight excluding hydrogens is 366 g/mol. The molecule has 0 N–H and O–H groups in total. The van der Waals surface area contributed by atoms with Crippen LogP contribution in [-0.4, -0.2) is 34.6 Å². The van der Waals surface area contributed by atoms with Crippen molar-refractivity contribution in [3.63, 3.8) is 0 Å². The summed E-state index contributed by atoms with van der Waals surface area (Å²) >= 11 is 0. The van der Waals surface area contributed by atoms with Crippen LogP contribution in [0.5, 0.6) is 5.88 Å². The highest BCUT2D eigenvalue weighted by Crippen LogP contribution is 2.32. The fourth-order valence-electron chi connectivity index (χ4n) is 3.19. The minimum atomic E-state index is -0.171. The van der Waals surface area contributed by atoms with Crippen LogP contribution < -0.4 is 4.74 Å². The molecule has 3 aromatic heterocycles. The van der Waals surface area contributed by atoms with Crippen molar-refractivity contribution < 1.29 is 4.74 Å². The molecule has 4 rings (SSSR count). The third-order valence-corrected chi connectivity index (χ3v) is 4.94. The molecule has 0 amide bonds. The Hall–Kier alpha value is -3.29. The summed E-state index contributed by atoms with van der Waals surface area (Å²) < 4.78 is 9.54. The molecule has 0 atom stereocenters. The van der Waals surface area contributed by atoms with Crippen molar-refractivity contribution in [3.05, 3.63) is 53.1 Å². The standard InChI is InChI=1S/C21H25N7O/c1-13-7-8-14(2)15(9-13)19-25-24-17-10-16(21(3,4)5)20(26-28(17)19)29-11-18-22-12-23-27(18)6/h7-10,12H,11H2,1-6H3. The summed E-state index contributed by atoms with van der Waals surface area (Å²) in [4.78, 5) is 4.23. The zero-order chi connectivity index (χ0) is 20.8. The van der Waals surface area contributed by atoms with Crippen molar-refractivity contribution in [1.82, 2.24) is 34.6 Å². The Morgan fingerprint density at radius 1 is 1.07 bits per heavy atom. The van der Waals surface area contributed by atoms with Gasteiger partial charge in [0.25, 0.3) is 0 Å². The maximum Gasteiger partial charge on any atom is 0.236 e. The van der Waals surface area contributed by atoms with Gasteiger partial charge in [-0.3, -0.25) is 4.68 Å². The summed E-state index contributed by atoms with van der Waals surface area (Å²) in [6.07, 6.45) is 1.51. The van der Waals surface area contributed by atoms with Gasteiger partial charge in [0.2, 0.25) is 5.88 Å². The number of aromatic nitrogens is 7. The van der Waals surface area contributed by atoms with Gasteiger partial charge in [-0.15, -0.1) is 15.3 Å². The van der Waals surface area contributed by atoms with E-state index in [1.165, 1.54) is 6.33 Å². The van der Waals surface area contributed by atoms with Crippen molar-refractivity contribution >= 4 is 5.65 Å². The average molecular weight is 391 g/mol. The number of ether oxygens (including phenoxy) is 1. The molecule has 8 heteroatoms. The van der Waals surface area contributed by atoms with E-state index in [-0.39, 0.29) is 12.0 Å². The maximum absolute atomic E-state index is 6.10. The Bertz CT molecular complexity index is 1180. The minimum absolute atomic E-state index is 0.171. The summed E-state index contributed by atoms with van der Waals surface area (Å²) in [6, 6.07) is 8.27. The Labute approximate surface area is 169 Å². The van der Waals surface area contributed by atoms with E-state index >= 15 is 0 Å². The third-order valence-electron chi connectivity index (χ3n) is 4.94. The van der Waals surface area contributed by atoms with Crippen molar-refractivity contribution in [1.29, 1.82) is 0 Å². The highest BCUT2D eigenvalue weighted by atomic mass is 16.5. The Kier molecular flexibility index (Phi) is 4.56. The molecule has 0 aliphatic rings. The van der Waals surface area contributed by atoms with Crippen LogP contribution in [0, 0.1) is 13.8 Å². The molecule has 0 aliphatic heterocycles. The van der Waals surface area contributed by atoms with Crippen LogP contribution in [0.15, 0.2) is 30.6 Å². The summed E-state index contributed by atoms with van der Waals surface area (Å²) in [5.41, 5.74) is 4.77. The first-order valence-electron chi connectivity index (χ1n) is 9.54. The molecule has 8 nitrogen and oxygen atoms in total. The second-order valence-corrected chi connectivity index (χ2v) is 8.31. The Morgan fingerprint density at radius 3 is 2.55 bits per heavy atom. The lowest BCUT2D eigenvalue weighted by Crippen LogP contribution is -2.17. The molecule has 3 heterocycles. The van der Waals surface area contributed by atoms with Crippen LogP contribution in [0.4, 0.5) is 0 Å². The first-order chi connectivity index (χ1) is 13.7. The Morgan fingerprint density at radius 2 is 1.86 bits per heavy atom. The molecule has 150 valence electrons. The number of hydrogen-bond donors (Lipinski definition) is 0. The lowest BCUT2D eigenvalue weighted by atomic mass is 9.88. The zero-order valence-electron chi connectivity index (χ0n) is 17.6. The van der Waals surface area contributed by atoms with Gasteiger partial charge in [0.1, 0.15) is 12.9 Å². The Balaban J connectivity index is 1.84. The van der Waals surface area contributed by atoms with E-state index in [1.807, 2.05) is 13.1 Å². The summed E-state index contributed by atoms with van der Waals surface area (Å²) in [7, 11) is 1.84. The van der Waals surface area contributed by atoms with Gasteiger partial charge in [0.15, 0.2) is 17.3 Å². The molecule has 1 aromatic carbocycles. The van der Waals surface area contributed by atoms with Gasteiger partial charge in [-0.25, -0.2) is 4.98 Å². The quantitative estimate of drug-likeness (QED) is 0.530. The summed E-state index contributed by atoms with van der Waals surface area (Å²) in [5.74, 6) is 1.97. The molecule has 29 heavy (non-hydrogen) atoms. The van der Waals surface area contributed by atoms with Gasteiger partial charge in [-0.05, 0) is 37.0 Å². The van der Waals surface area contributed by atoms with Crippen LogP contribution in [-0.2, 0) is 19.1 Å². The van der Waals surface area contributed by atoms with Crippen LogP contribution in [0.3, 0.4) is 0 Å². The van der Waals surface area contributed by atoms with E-state index in [2.05, 4.69) is 73.1 Å². The summed E-state index contributed by atoms with van der Waals surface area (Å²) in [5, 5.41) is 17.7. The van der Waals surface area contributed by atoms with E-state index in [0.29, 0.717) is 17.4 Å². The van der Waals surface area contributed by atoms with Gasteiger partial charge in [0.05, 0.1) is 0 Å². The van der Waals surface area contributed by atoms with E-state index in [1.54, 1.807) is 9.20 Å². The fourth-order valence-corrected chi connectivity index (χ4v) is 3.19. The van der Waals surface area contributed by atoms with Crippen molar-refractivity contribution in [2.75, 3.05) is 0 Å². The highest BCUT2D eigenvalue weighted by Gasteiger charge is 2.24. The monoisotopic (exact) mass is 391 g/mol. The van der Waals surface area contributed by atoms with Crippen LogP contribution >= 0.6 is 0 Å². The zero-order valence-corrected chi connectivity index (χ0v) is 17.6. The van der Waals surface area contributed by atoms with Gasteiger partial charge in [-0.2, -0.15) is 9.61 Å². The second kappa shape index (κ2) is 6.95. The molecule has 0 spiro atoms. The third kappa shape index (κ3) is 3.57. The van der Waals surface area contributed by atoms with E-state index < -0.39 is 0 Å². The summed E-state index contributed by atoms with van der Waals surface area (Å²) in [6.45, 7) is 10.8. The maximum atomic E-state index is 6.10. The van der Waals surface area contributed by atoms with Crippen molar-refractivity contribution in [3.8, 4) is 17.3 Å². The first-order valence-corrected chi connectivity index (χ1v) is 9.54. The first kappa shape index (κ1) is 19.0. The van der Waals surface area contributed by atoms with Gasteiger partial charge < -0.3 is 4.74 Å². The molecule has 0 saturated carbocycles. The topological polar surface area (TPSA) is 83.0 Å². The number of benzene rings is 1. The number of fused-ring (bicyclic) bond motifs is 1. The number of nitrogens with zero attached hydrogens (tertiary/aromatic N) is 7. The minimum Gasteiger partial charge on any atom is -0.468 e. The second-order valence-electron chi connectivity index (χ2n) is 8.31. The fraction of sp³-hybridized carbons (Fsp3) is 0.381. The van der Waals surface area contributed by atoms with Crippen LogP contribution in [0.25, 0.3) is 17.0 Å². The molecular formula is C21H25N7O. The van der Waals surface area contributed by atoms with Crippen LogP contribution in [0.1, 0.15) is 43.3 Å². The van der Waals surface area contributed by atoms with E-state index in [4.69, 9.17) is 9.84 Å². The van der Waals surface area contributed by atoms with Gasteiger partial charge >= 0.3 is 0 Å². The van der Waals surface area contributed by atoms with Crippen molar-refractivity contribution in [2.24, 2.45) is 7.05 Å². The molecule has 0 aliphatic carbocycles. The largest absolute Gasteiger partial charge is 0.468 e.